The Morgan fingerprint density at radius 3 is 2.07 bits per heavy atom. The van der Waals surface area contributed by atoms with E-state index in [0.717, 1.165) is 0 Å². The van der Waals surface area contributed by atoms with Gasteiger partial charge < -0.3 is 14.6 Å². The lowest BCUT2D eigenvalue weighted by molar-refractivity contribution is -0.400. The third-order valence-electron chi connectivity index (χ3n) is 5.67. The second kappa shape index (κ2) is 6.65. The first kappa shape index (κ1) is 22.0. The Labute approximate surface area is 152 Å². The number of alkyl halides is 6. The number of halogens is 6. The standard InChI is InChI=1S/C17H22F6O4/c1-8(2)13(24)26-12-6-11-5-10(12)7-14(11,4)27-9(3)15(25,16(18,19)20)17(21,22)23/h9-12,25H,1,5-7H2,2-4H3. The number of esters is 1. The monoisotopic (exact) mass is 404 g/mol. The average Bonchev–Trinajstić information content (AvgIpc) is 3.00. The second-order valence-electron chi connectivity index (χ2n) is 7.69. The van der Waals surface area contributed by atoms with E-state index in [2.05, 4.69) is 6.58 Å². The van der Waals surface area contributed by atoms with Gasteiger partial charge in [-0.3, -0.25) is 0 Å². The van der Waals surface area contributed by atoms with Gasteiger partial charge in [-0.1, -0.05) is 6.58 Å². The summed E-state index contributed by atoms with van der Waals surface area (Å²) in [6.07, 6.45) is -14.1. The van der Waals surface area contributed by atoms with Gasteiger partial charge in [0, 0.05) is 5.57 Å². The maximum Gasteiger partial charge on any atom is 0.428 e. The van der Waals surface area contributed by atoms with Gasteiger partial charge in [0.15, 0.2) is 0 Å². The summed E-state index contributed by atoms with van der Waals surface area (Å²) in [6, 6.07) is 0. The summed E-state index contributed by atoms with van der Waals surface area (Å²) in [6.45, 7) is 6.93. The van der Waals surface area contributed by atoms with E-state index in [1.165, 1.54) is 13.8 Å². The van der Waals surface area contributed by atoms with Crippen molar-refractivity contribution in [3.05, 3.63) is 12.2 Å². The molecule has 2 saturated carbocycles. The van der Waals surface area contributed by atoms with Gasteiger partial charge in [-0.15, -0.1) is 0 Å². The topological polar surface area (TPSA) is 55.8 Å². The first-order valence-electron chi connectivity index (χ1n) is 8.43. The molecule has 4 nitrogen and oxygen atoms in total. The fourth-order valence-corrected chi connectivity index (χ4v) is 4.12. The number of hydrogen-bond acceptors (Lipinski definition) is 4. The summed E-state index contributed by atoms with van der Waals surface area (Å²) >= 11 is 0. The van der Waals surface area contributed by atoms with E-state index in [1.807, 2.05) is 0 Å². The highest BCUT2D eigenvalue weighted by molar-refractivity contribution is 5.87. The molecule has 0 spiro atoms. The Morgan fingerprint density at radius 1 is 1.19 bits per heavy atom. The highest BCUT2D eigenvalue weighted by atomic mass is 19.4. The van der Waals surface area contributed by atoms with E-state index in [9.17, 15) is 36.2 Å². The minimum atomic E-state index is -5.95. The number of carbonyl (C=O) groups is 1. The van der Waals surface area contributed by atoms with Crippen molar-refractivity contribution in [1.82, 2.24) is 0 Å². The van der Waals surface area contributed by atoms with E-state index in [0.29, 0.717) is 13.3 Å². The van der Waals surface area contributed by atoms with Crippen molar-refractivity contribution in [3.63, 3.8) is 0 Å². The van der Waals surface area contributed by atoms with Crippen molar-refractivity contribution < 1.29 is 45.7 Å². The number of rotatable bonds is 5. The maximum atomic E-state index is 13.0. The van der Waals surface area contributed by atoms with Gasteiger partial charge in [0.2, 0.25) is 0 Å². The van der Waals surface area contributed by atoms with Gasteiger partial charge in [0.05, 0.1) is 5.60 Å². The molecule has 0 saturated heterocycles. The van der Waals surface area contributed by atoms with E-state index in [4.69, 9.17) is 9.47 Å². The predicted molar refractivity (Wildman–Crippen MR) is 81.5 cm³/mol. The zero-order valence-electron chi connectivity index (χ0n) is 15.1. The minimum absolute atomic E-state index is 0.127. The summed E-state index contributed by atoms with van der Waals surface area (Å²) < 4.78 is 88.5. The molecular formula is C17H22F6O4. The van der Waals surface area contributed by atoms with E-state index in [1.54, 1.807) is 0 Å². The van der Waals surface area contributed by atoms with Crippen LogP contribution in [0.5, 0.6) is 0 Å². The molecule has 0 aromatic heterocycles. The fraction of sp³-hybridized carbons (Fsp3) is 0.824. The molecular weight excluding hydrogens is 382 g/mol. The van der Waals surface area contributed by atoms with Gasteiger partial charge in [-0.2, -0.15) is 26.3 Å². The maximum absolute atomic E-state index is 13.0. The third-order valence-corrected chi connectivity index (χ3v) is 5.67. The van der Waals surface area contributed by atoms with Gasteiger partial charge in [-0.25, -0.2) is 4.79 Å². The van der Waals surface area contributed by atoms with Gasteiger partial charge in [-0.05, 0) is 51.9 Å². The number of hydrogen-bond donors (Lipinski definition) is 1. The first-order valence-corrected chi connectivity index (χ1v) is 8.43. The van der Waals surface area contributed by atoms with Crippen LogP contribution in [-0.2, 0) is 14.3 Å². The molecule has 0 aromatic carbocycles. The molecule has 5 unspecified atom stereocenters. The Bertz CT molecular complexity index is 600. The molecule has 0 aliphatic heterocycles. The van der Waals surface area contributed by atoms with Crippen LogP contribution in [0.2, 0.25) is 0 Å². The molecule has 2 rings (SSSR count). The molecule has 5 atom stereocenters. The van der Waals surface area contributed by atoms with Crippen LogP contribution in [0.25, 0.3) is 0 Å². The number of fused-ring (bicyclic) bond motifs is 2. The SMILES string of the molecule is C=C(C)C(=O)OC1CC2CC1CC2(C)OC(C)C(O)(C(F)(F)F)C(F)(F)F. The third kappa shape index (κ3) is 3.70. The van der Waals surface area contributed by atoms with Crippen LogP contribution in [0.3, 0.4) is 0 Å². The summed E-state index contributed by atoms with van der Waals surface area (Å²) in [4.78, 5) is 11.6. The van der Waals surface area contributed by atoms with Crippen molar-refractivity contribution in [2.75, 3.05) is 0 Å². The largest absolute Gasteiger partial charge is 0.459 e. The molecule has 2 bridgehead atoms. The fourth-order valence-electron chi connectivity index (χ4n) is 4.12. The summed E-state index contributed by atoms with van der Waals surface area (Å²) in [5, 5.41) is 9.48. The zero-order chi connectivity index (χ0) is 21.0. The van der Waals surface area contributed by atoms with Crippen LogP contribution >= 0.6 is 0 Å². The van der Waals surface area contributed by atoms with Crippen LogP contribution in [0.1, 0.15) is 40.0 Å². The Morgan fingerprint density at radius 2 is 1.70 bits per heavy atom. The Balaban J connectivity index is 2.13. The molecule has 0 aromatic rings. The first-order chi connectivity index (χ1) is 12.0. The van der Waals surface area contributed by atoms with Crippen LogP contribution in [0.4, 0.5) is 26.3 Å². The summed E-state index contributed by atoms with van der Waals surface area (Å²) in [5.41, 5.74) is -6.07. The Hall–Kier alpha value is -1.29. The molecule has 0 radical (unpaired) electrons. The summed E-state index contributed by atoms with van der Waals surface area (Å²) in [7, 11) is 0. The lowest BCUT2D eigenvalue weighted by Gasteiger charge is -2.44. The number of ether oxygens (including phenoxy) is 2. The van der Waals surface area contributed by atoms with Gasteiger partial charge in [0.25, 0.3) is 5.60 Å². The van der Waals surface area contributed by atoms with Crippen LogP contribution in [-0.4, -0.2) is 46.8 Å². The molecule has 27 heavy (non-hydrogen) atoms. The quantitative estimate of drug-likeness (QED) is 0.429. The lowest BCUT2D eigenvalue weighted by atomic mass is 9.83. The molecule has 0 heterocycles. The van der Waals surface area contributed by atoms with Gasteiger partial charge >= 0.3 is 18.3 Å². The highest BCUT2D eigenvalue weighted by Gasteiger charge is 2.74. The normalized spacial score (nSPS) is 32.4. The van der Waals surface area contributed by atoms with Crippen LogP contribution in [0.15, 0.2) is 12.2 Å². The van der Waals surface area contributed by atoms with Crippen molar-refractivity contribution in [1.29, 1.82) is 0 Å². The van der Waals surface area contributed by atoms with E-state index < -0.39 is 47.6 Å². The predicted octanol–water partition coefficient (Wildman–Crippen LogP) is 3.92. The average molecular weight is 404 g/mol. The van der Waals surface area contributed by atoms with E-state index in [-0.39, 0.29) is 24.3 Å². The zero-order valence-corrected chi connectivity index (χ0v) is 15.1. The minimum Gasteiger partial charge on any atom is -0.459 e. The Kier molecular flexibility index (Phi) is 5.42. The smallest absolute Gasteiger partial charge is 0.428 e. The number of carbonyl (C=O) groups excluding carboxylic acids is 1. The molecule has 0 amide bonds. The number of aliphatic hydroxyl groups is 1. The van der Waals surface area contributed by atoms with Crippen LogP contribution < -0.4 is 0 Å². The van der Waals surface area contributed by atoms with Crippen LogP contribution in [0, 0.1) is 11.8 Å². The van der Waals surface area contributed by atoms with Crippen molar-refractivity contribution in [3.8, 4) is 0 Å². The second-order valence-corrected chi connectivity index (χ2v) is 7.69. The van der Waals surface area contributed by atoms with Crippen molar-refractivity contribution in [2.45, 2.75) is 75.8 Å². The highest BCUT2D eigenvalue weighted by Crippen LogP contribution is 2.55. The molecule has 2 aliphatic rings. The molecule has 1 N–H and O–H groups in total. The molecule has 10 heteroatoms. The lowest BCUT2D eigenvalue weighted by Crippen LogP contribution is -2.65. The van der Waals surface area contributed by atoms with Gasteiger partial charge in [0.1, 0.15) is 12.2 Å². The summed E-state index contributed by atoms with van der Waals surface area (Å²) in [5.74, 6) is -1.22. The van der Waals surface area contributed by atoms with Crippen molar-refractivity contribution in [2.24, 2.45) is 11.8 Å². The van der Waals surface area contributed by atoms with E-state index >= 15 is 0 Å². The molecule has 2 aliphatic carbocycles. The molecule has 156 valence electrons. The molecule has 2 fully saturated rings. The van der Waals surface area contributed by atoms with Crippen molar-refractivity contribution >= 4 is 5.97 Å².